The van der Waals surface area contributed by atoms with Crippen molar-refractivity contribution in [3.63, 3.8) is 0 Å². The van der Waals surface area contributed by atoms with Gasteiger partial charge >= 0.3 is 26.4 Å². The summed E-state index contributed by atoms with van der Waals surface area (Å²) in [6.07, 6.45) is 1.77. The molecule has 14 heteroatoms. The van der Waals surface area contributed by atoms with Gasteiger partial charge in [0.15, 0.2) is 0 Å². The maximum atomic E-state index is 5.65. The van der Waals surface area contributed by atoms with E-state index in [0.717, 1.165) is 24.9 Å². The molecule has 4 N–H and O–H groups in total. The second-order valence-electron chi connectivity index (χ2n) is 6.48. The zero-order valence-electron chi connectivity index (χ0n) is 23.0. The molecule has 0 bridgehead atoms. The van der Waals surface area contributed by atoms with E-state index in [-0.39, 0.29) is 0 Å². The van der Waals surface area contributed by atoms with Gasteiger partial charge in [0.05, 0.1) is 0 Å². The molecule has 11 nitrogen and oxygen atoms in total. The van der Waals surface area contributed by atoms with E-state index in [1.54, 1.807) is 48.4 Å². The molecule has 34 heavy (non-hydrogen) atoms. The van der Waals surface area contributed by atoms with Crippen LogP contribution in [0, 0.1) is 0 Å². The summed E-state index contributed by atoms with van der Waals surface area (Å²) in [6.45, 7) is 12.6. The van der Waals surface area contributed by atoms with Crippen LogP contribution in [0.15, 0.2) is 12.3 Å². The summed E-state index contributed by atoms with van der Waals surface area (Å²) in [4.78, 5) is 0. The summed E-state index contributed by atoms with van der Waals surface area (Å²) >= 11 is 0. The highest BCUT2D eigenvalue weighted by Crippen LogP contribution is 2.17. The number of rotatable bonds is 19. The lowest BCUT2D eigenvalue weighted by atomic mass is 10.5. The first kappa shape index (κ1) is 38.5. The molecule has 0 saturated carbocycles. The van der Waals surface area contributed by atoms with E-state index in [1.165, 1.54) is 0 Å². The minimum atomic E-state index is -2.43. The van der Waals surface area contributed by atoms with Gasteiger partial charge in [0.1, 0.15) is 0 Å². The predicted molar refractivity (Wildman–Crippen MR) is 141 cm³/mol. The fraction of sp³-hybridized carbons (Fsp3) is 0.900. The van der Waals surface area contributed by atoms with Crippen LogP contribution in [0.5, 0.6) is 0 Å². The number of nitrogens with two attached hydrogens (primary N) is 2. The van der Waals surface area contributed by atoms with Crippen molar-refractivity contribution in [1.29, 1.82) is 0 Å². The average Bonchev–Trinajstić information content (AvgIpc) is 2.87. The molecule has 0 fully saturated rings. The normalized spacial score (nSPS) is 11.9. The van der Waals surface area contributed by atoms with Gasteiger partial charge in [0, 0.05) is 74.6 Å². The van der Waals surface area contributed by atoms with E-state index < -0.39 is 26.4 Å². The quantitative estimate of drug-likeness (QED) is 0.230. The maximum Gasteiger partial charge on any atom is 0.528 e. The first-order valence-electron chi connectivity index (χ1n) is 11.5. The summed E-state index contributed by atoms with van der Waals surface area (Å²) in [7, 11) is 2.31. The summed E-state index contributed by atoms with van der Waals surface area (Å²) in [5.41, 5.74) is 12.4. The van der Waals surface area contributed by atoms with Gasteiger partial charge in [-0.2, -0.15) is 0 Å². The van der Waals surface area contributed by atoms with Crippen molar-refractivity contribution in [3.05, 3.63) is 12.3 Å². The van der Waals surface area contributed by atoms with Crippen LogP contribution in [0.1, 0.15) is 33.6 Å². The summed E-state index contributed by atoms with van der Waals surface area (Å²) < 4.78 is 47.4. The fourth-order valence-corrected chi connectivity index (χ4v) is 8.08. The van der Waals surface area contributed by atoms with E-state index in [1.807, 2.05) is 20.8 Å². The van der Waals surface area contributed by atoms with E-state index in [9.17, 15) is 0 Å². The predicted octanol–water partition coefficient (Wildman–Crippen LogP) is 2.19. The largest absolute Gasteiger partial charge is 0.528 e. The van der Waals surface area contributed by atoms with Crippen molar-refractivity contribution in [2.24, 2.45) is 11.5 Å². The Labute approximate surface area is 211 Å². The van der Waals surface area contributed by atoms with Crippen LogP contribution in [0.2, 0.25) is 12.1 Å². The lowest BCUT2D eigenvalue weighted by molar-refractivity contribution is 0.0709. The molecule has 0 amide bonds. The maximum absolute atomic E-state index is 5.65. The third-order valence-corrected chi connectivity index (χ3v) is 12.7. The lowest BCUT2D eigenvalue weighted by Crippen LogP contribution is -2.46. The van der Waals surface area contributed by atoms with Crippen LogP contribution in [-0.4, -0.2) is 102 Å². The van der Waals surface area contributed by atoms with Crippen LogP contribution in [-0.2, 0) is 39.8 Å². The van der Waals surface area contributed by atoms with Crippen molar-refractivity contribution in [2.75, 3.05) is 75.6 Å². The summed E-state index contributed by atoms with van der Waals surface area (Å²) in [5.74, 6) is 0. The van der Waals surface area contributed by atoms with Gasteiger partial charge < -0.3 is 51.3 Å². The molecule has 0 saturated heterocycles. The van der Waals surface area contributed by atoms with Gasteiger partial charge in [-0.15, -0.1) is 0 Å². The topological polar surface area (TPSA) is 135 Å². The molecular weight excluding hydrogens is 496 g/mol. The lowest BCUT2D eigenvalue weighted by Gasteiger charge is -2.28. The molecular formula is C20H52N2O9Si3. The van der Waals surface area contributed by atoms with Crippen molar-refractivity contribution < 1.29 is 39.8 Å². The van der Waals surface area contributed by atoms with Crippen molar-refractivity contribution in [2.45, 2.75) is 45.7 Å². The first-order chi connectivity index (χ1) is 16.2. The molecule has 0 aliphatic rings. The Hall–Kier alpha value is -0.0494. The highest BCUT2D eigenvalue weighted by molar-refractivity contribution is 6.66. The molecule has 0 unspecified atom stereocenters. The number of hydrogen-bond acceptors (Lipinski definition) is 11. The Kier molecular flexibility index (Phi) is 27.9. The Morgan fingerprint density at radius 3 is 1.09 bits per heavy atom. The Morgan fingerprint density at radius 1 is 0.588 bits per heavy atom. The van der Waals surface area contributed by atoms with Gasteiger partial charge in [0.25, 0.3) is 0 Å². The van der Waals surface area contributed by atoms with Gasteiger partial charge in [-0.3, -0.25) is 0 Å². The Morgan fingerprint density at radius 2 is 0.912 bits per heavy atom. The van der Waals surface area contributed by atoms with Crippen LogP contribution >= 0.6 is 0 Å². The molecule has 0 heterocycles. The second-order valence-corrected chi connectivity index (χ2v) is 15.1. The molecule has 0 spiro atoms. The van der Waals surface area contributed by atoms with Crippen LogP contribution in [0.4, 0.5) is 0 Å². The Bertz CT molecular complexity index is 414. The molecule has 208 valence electrons. The highest BCUT2D eigenvalue weighted by Gasteiger charge is 2.39. The average molecular weight is 549 g/mol. The molecule has 0 aliphatic carbocycles. The monoisotopic (exact) mass is 548 g/mol. The SMILES string of the molecule is C=C[Si](OC)(OC)OC.CCO[Si](CCCN)(OCC)OCC.CO[Si](CCCN)(OC)OC. The van der Waals surface area contributed by atoms with Gasteiger partial charge in [0.2, 0.25) is 0 Å². The third-order valence-electron chi connectivity index (χ3n) is 4.50. The third kappa shape index (κ3) is 16.6. The van der Waals surface area contributed by atoms with Gasteiger partial charge in [-0.1, -0.05) is 6.58 Å². The fourth-order valence-electron chi connectivity index (χ4n) is 2.69. The van der Waals surface area contributed by atoms with E-state index >= 15 is 0 Å². The molecule has 0 rings (SSSR count). The van der Waals surface area contributed by atoms with E-state index in [0.29, 0.717) is 32.9 Å². The van der Waals surface area contributed by atoms with Crippen molar-refractivity contribution >= 4 is 26.4 Å². The van der Waals surface area contributed by atoms with Crippen molar-refractivity contribution in [3.8, 4) is 0 Å². The zero-order chi connectivity index (χ0) is 26.9. The molecule has 0 aromatic carbocycles. The van der Waals surface area contributed by atoms with Crippen LogP contribution < -0.4 is 11.5 Å². The number of hydrogen-bond donors (Lipinski definition) is 2. The highest BCUT2D eigenvalue weighted by atomic mass is 28.4. The standard InChI is InChI=1S/C9H23NO3Si.C6H17NO3Si.C5H12O3Si/c1-4-11-14(12-5-2,13-6-3)9-7-8-10;1-8-11(9-2,10-3)6-4-5-7;1-5-9(6-2,7-3)8-4/h4-10H2,1-3H3;4-7H2,1-3H3;5H,1H2,2-4H3. The van der Waals surface area contributed by atoms with Gasteiger partial charge in [-0.25, -0.2) is 0 Å². The van der Waals surface area contributed by atoms with E-state index in [2.05, 4.69) is 6.58 Å². The smallest absolute Gasteiger partial charge is 0.377 e. The van der Waals surface area contributed by atoms with Crippen LogP contribution in [0.25, 0.3) is 0 Å². The molecule has 0 radical (unpaired) electrons. The minimum Gasteiger partial charge on any atom is -0.377 e. The van der Waals surface area contributed by atoms with Crippen LogP contribution in [0.3, 0.4) is 0 Å². The summed E-state index contributed by atoms with van der Waals surface area (Å²) in [5, 5.41) is 0. The Balaban J connectivity index is -0.000000435. The van der Waals surface area contributed by atoms with E-state index in [4.69, 9.17) is 51.3 Å². The minimum absolute atomic E-state index is 0.636. The molecule has 0 aliphatic heterocycles. The second kappa shape index (κ2) is 24.6. The molecule has 0 atom stereocenters. The van der Waals surface area contributed by atoms with Gasteiger partial charge in [-0.05, 0) is 52.4 Å². The first-order valence-corrected chi connectivity index (χ1v) is 17.2. The zero-order valence-corrected chi connectivity index (χ0v) is 26.0. The van der Waals surface area contributed by atoms with Crippen molar-refractivity contribution in [1.82, 2.24) is 0 Å². The molecule has 0 aromatic rings. The molecule has 0 aromatic heterocycles. The summed E-state index contributed by atoms with van der Waals surface area (Å²) in [6, 6.07) is 1.60.